The van der Waals surface area contributed by atoms with Crippen LogP contribution in [-0.4, -0.2) is 20.5 Å². The van der Waals surface area contributed by atoms with Crippen molar-refractivity contribution in [3.63, 3.8) is 0 Å². The van der Waals surface area contributed by atoms with E-state index in [9.17, 15) is 9.18 Å². The van der Waals surface area contributed by atoms with E-state index in [4.69, 9.17) is 0 Å². The van der Waals surface area contributed by atoms with Crippen LogP contribution in [0.1, 0.15) is 53.5 Å². The molecule has 20 heavy (non-hydrogen) atoms. The predicted octanol–water partition coefficient (Wildman–Crippen LogP) is 2.87. The van der Waals surface area contributed by atoms with Crippen LogP contribution in [0.25, 0.3) is 0 Å². The quantitative estimate of drug-likeness (QED) is 0.806. The Morgan fingerprint density at radius 2 is 2.00 bits per heavy atom. The first-order valence-corrected chi connectivity index (χ1v) is 6.93. The molecule has 1 aromatic heterocycles. The Bertz CT molecular complexity index is 663. The Labute approximate surface area is 115 Å². The maximum atomic E-state index is 14.1. The van der Waals surface area contributed by atoms with Crippen molar-refractivity contribution < 1.29 is 9.18 Å². The van der Waals surface area contributed by atoms with E-state index in [1.807, 2.05) is 30.3 Å². The van der Waals surface area contributed by atoms with Crippen molar-refractivity contribution in [3.05, 3.63) is 47.5 Å². The van der Waals surface area contributed by atoms with E-state index >= 15 is 0 Å². The Hall–Kier alpha value is -2.04. The summed E-state index contributed by atoms with van der Waals surface area (Å²) in [6.45, 7) is 0. The zero-order valence-electron chi connectivity index (χ0n) is 10.9. The maximum Gasteiger partial charge on any atom is 0.217 e. The summed E-state index contributed by atoms with van der Waals surface area (Å²) in [6.07, 6.45) is 1.01. The van der Waals surface area contributed by atoms with Crippen LogP contribution < -0.4 is 0 Å². The molecule has 2 heterocycles. The number of hydrogen-bond acceptors (Lipinski definition) is 3. The third kappa shape index (κ3) is 1.77. The number of carbonyl (C=O) groups excluding carboxylic acids is 1. The summed E-state index contributed by atoms with van der Waals surface area (Å²) in [4.78, 5) is 16.1. The van der Waals surface area contributed by atoms with Gasteiger partial charge in [0.1, 0.15) is 0 Å². The number of nitrogens with zero attached hydrogens (tertiary/aromatic N) is 3. The molecular formula is C15H14FN3O. The fraction of sp³-hybridized carbons (Fsp3) is 0.400. The minimum Gasteiger partial charge on any atom is -0.290 e. The summed E-state index contributed by atoms with van der Waals surface area (Å²) in [5.74, 6) is 0.505. The number of aromatic nitrogens is 3. The van der Waals surface area contributed by atoms with Gasteiger partial charge in [0.25, 0.3) is 0 Å². The maximum absolute atomic E-state index is 14.1. The molecule has 2 aromatic rings. The molecule has 2 atom stereocenters. The molecule has 1 aliphatic heterocycles. The lowest BCUT2D eigenvalue weighted by atomic mass is 10.0. The Balaban J connectivity index is 1.72. The van der Waals surface area contributed by atoms with Crippen LogP contribution in [0.15, 0.2) is 30.3 Å². The van der Waals surface area contributed by atoms with Crippen molar-refractivity contribution in [3.8, 4) is 0 Å². The average molecular weight is 271 g/mol. The first-order chi connectivity index (χ1) is 9.74. The molecule has 0 radical (unpaired) electrons. The first-order valence-electron chi connectivity index (χ1n) is 6.93. The van der Waals surface area contributed by atoms with Gasteiger partial charge in [0.2, 0.25) is 11.6 Å². The third-order valence-electron chi connectivity index (χ3n) is 4.02. The number of ketones is 1. The standard InChI is InChI=1S/C15H14FN3O/c16-11-8-12(9-4-2-1-3-5-9)19-15(11)17-14(18-19)13(20)10-6-7-10/h1-5,10-12H,6-8H2/t11-,12+/m1/s1. The van der Waals surface area contributed by atoms with Gasteiger partial charge in [0, 0.05) is 12.3 Å². The number of fused-ring (bicyclic) bond motifs is 1. The minimum atomic E-state index is -1.14. The largest absolute Gasteiger partial charge is 0.290 e. The summed E-state index contributed by atoms with van der Waals surface area (Å²) in [5, 5.41) is 4.28. The van der Waals surface area contributed by atoms with E-state index in [-0.39, 0.29) is 23.6 Å². The molecule has 1 aromatic carbocycles. The average Bonchev–Trinajstić information content (AvgIpc) is 3.15. The van der Waals surface area contributed by atoms with Crippen molar-refractivity contribution in [2.24, 2.45) is 5.92 Å². The Morgan fingerprint density at radius 3 is 2.70 bits per heavy atom. The number of hydrogen-bond donors (Lipinski definition) is 0. The molecule has 0 bridgehead atoms. The molecule has 0 spiro atoms. The lowest BCUT2D eigenvalue weighted by Gasteiger charge is -2.11. The normalized spacial score (nSPS) is 24.6. The van der Waals surface area contributed by atoms with Crippen LogP contribution in [0.3, 0.4) is 0 Å². The second-order valence-electron chi connectivity index (χ2n) is 5.51. The van der Waals surface area contributed by atoms with E-state index < -0.39 is 6.17 Å². The molecular weight excluding hydrogens is 257 g/mol. The number of halogens is 1. The van der Waals surface area contributed by atoms with Crippen molar-refractivity contribution in [1.82, 2.24) is 14.8 Å². The molecule has 102 valence electrons. The molecule has 0 amide bonds. The van der Waals surface area contributed by atoms with Crippen LogP contribution in [0.4, 0.5) is 4.39 Å². The first kappa shape index (κ1) is 11.8. The van der Waals surface area contributed by atoms with Crippen LogP contribution >= 0.6 is 0 Å². The SMILES string of the molecule is O=C(c1nc2n(n1)[C@H](c1ccccc1)C[C@H]2F)C1CC1. The molecule has 0 N–H and O–H groups in total. The van der Waals surface area contributed by atoms with Gasteiger partial charge in [-0.15, -0.1) is 5.10 Å². The number of rotatable bonds is 3. The molecule has 1 saturated carbocycles. The van der Waals surface area contributed by atoms with Crippen molar-refractivity contribution in [2.75, 3.05) is 0 Å². The monoisotopic (exact) mass is 271 g/mol. The number of carbonyl (C=O) groups is 1. The highest BCUT2D eigenvalue weighted by atomic mass is 19.1. The van der Waals surface area contributed by atoms with E-state index in [2.05, 4.69) is 10.1 Å². The Morgan fingerprint density at radius 1 is 1.25 bits per heavy atom. The van der Waals surface area contributed by atoms with Crippen molar-refractivity contribution in [1.29, 1.82) is 0 Å². The predicted molar refractivity (Wildman–Crippen MR) is 70.1 cm³/mol. The molecule has 5 heteroatoms. The van der Waals surface area contributed by atoms with Gasteiger partial charge in [0.05, 0.1) is 6.04 Å². The summed E-state index contributed by atoms with van der Waals surface area (Å²) in [5.41, 5.74) is 1.00. The fourth-order valence-electron chi connectivity index (χ4n) is 2.76. The molecule has 2 aliphatic rings. The molecule has 0 saturated heterocycles. The lowest BCUT2D eigenvalue weighted by molar-refractivity contribution is 0.0956. The Kier molecular flexibility index (Phi) is 2.49. The van der Waals surface area contributed by atoms with Crippen LogP contribution in [0.2, 0.25) is 0 Å². The highest BCUT2D eigenvalue weighted by molar-refractivity contribution is 5.95. The van der Waals surface area contributed by atoms with E-state index in [1.54, 1.807) is 4.68 Å². The smallest absolute Gasteiger partial charge is 0.217 e. The van der Waals surface area contributed by atoms with Gasteiger partial charge in [-0.3, -0.25) is 4.79 Å². The lowest BCUT2D eigenvalue weighted by Crippen LogP contribution is -2.10. The van der Waals surface area contributed by atoms with Crippen LogP contribution in [0.5, 0.6) is 0 Å². The van der Waals surface area contributed by atoms with Gasteiger partial charge < -0.3 is 0 Å². The molecule has 4 nitrogen and oxygen atoms in total. The fourth-order valence-corrected chi connectivity index (χ4v) is 2.76. The number of Topliss-reactive ketones (excluding diaryl/α,β-unsaturated/α-hetero) is 1. The topological polar surface area (TPSA) is 47.8 Å². The number of alkyl halides is 1. The third-order valence-corrected chi connectivity index (χ3v) is 4.02. The second-order valence-corrected chi connectivity index (χ2v) is 5.51. The molecule has 1 aliphatic carbocycles. The summed E-state index contributed by atoms with van der Waals surface area (Å²) in [6, 6.07) is 9.53. The van der Waals surface area contributed by atoms with Gasteiger partial charge in [-0.1, -0.05) is 30.3 Å². The van der Waals surface area contributed by atoms with Gasteiger partial charge in [-0.2, -0.15) is 0 Å². The highest BCUT2D eigenvalue weighted by Crippen LogP contribution is 2.40. The van der Waals surface area contributed by atoms with Gasteiger partial charge in [-0.25, -0.2) is 14.1 Å². The van der Waals surface area contributed by atoms with E-state index in [1.165, 1.54) is 0 Å². The van der Waals surface area contributed by atoms with E-state index in [0.29, 0.717) is 12.2 Å². The van der Waals surface area contributed by atoms with Gasteiger partial charge in [-0.05, 0) is 18.4 Å². The van der Waals surface area contributed by atoms with Crippen LogP contribution in [0, 0.1) is 5.92 Å². The van der Waals surface area contributed by atoms with Crippen molar-refractivity contribution >= 4 is 5.78 Å². The van der Waals surface area contributed by atoms with E-state index in [0.717, 1.165) is 18.4 Å². The summed E-state index contributed by atoms with van der Waals surface area (Å²) >= 11 is 0. The zero-order chi connectivity index (χ0) is 13.7. The summed E-state index contributed by atoms with van der Waals surface area (Å²) < 4.78 is 15.7. The van der Waals surface area contributed by atoms with Gasteiger partial charge >= 0.3 is 0 Å². The number of benzene rings is 1. The highest BCUT2D eigenvalue weighted by Gasteiger charge is 2.39. The zero-order valence-corrected chi connectivity index (χ0v) is 10.9. The summed E-state index contributed by atoms with van der Waals surface area (Å²) in [7, 11) is 0. The molecule has 0 unspecified atom stereocenters. The second kappa shape index (κ2) is 4.23. The minimum absolute atomic E-state index is 0.0362. The van der Waals surface area contributed by atoms with Gasteiger partial charge in [0.15, 0.2) is 12.0 Å². The van der Waals surface area contributed by atoms with Crippen molar-refractivity contribution in [2.45, 2.75) is 31.5 Å². The van der Waals surface area contributed by atoms with Crippen LogP contribution in [-0.2, 0) is 0 Å². The molecule has 4 rings (SSSR count). The molecule has 1 fully saturated rings.